The van der Waals surface area contributed by atoms with Crippen LogP contribution in [-0.4, -0.2) is 58.9 Å². The number of carbonyl (C=O) groups excluding carboxylic acids is 1. The first-order valence-electron chi connectivity index (χ1n) is 6.43. The third-order valence-corrected chi connectivity index (χ3v) is 2.64. The van der Waals surface area contributed by atoms with Gasteiger partial charge in [0.05, 0.1) is 24.5 Å². The maximum Gasteiger partial charge on any atom is 0.257 e. The topological polar surface area (TPSA) is 85.7 Å². The van der Waals surface area contributed by atoms with E-state index in [1.165, 1.54) is 11.1 Å². The lowest BCUT2D eigenvalue weighted by Crippen LogP contribution is -2.36. The van der Waals surface area contributed by atoms with Gasteiger partial charge < -0.3 is 20.4 Å². The molecule has 0 aliphatic rings. The van der Waals surface area contributed by atoms with Crippen LogP contribution in [0, 0.1) is 0 Å². The van der Waals surface area contributed by atoms with Crippen molar-refractivity contribution in [2.24, 2.45) is 0 Å². The van der Waals surface area contributed by atoms with E-state index >= 15 is 0 Å². The quantitative estimate of drug-likeness (QED) is 0.632. The van der Waals surface area contributed by atoms with E-state index in [2.05, 4.69) is 10.3 Å². The van der Waals surface area contributed by atoms with Gasteiger partial charge in [-0.25, -0.2) is 0 Å². The van der Waals surface area contributed by atoms with E-state index < -0.39 is 0 Å². The van der Waals surface area contributed by atoms with Gasteiger partial charge in [0.15, 0.2) is 0 Å². The molecule has 0 spiro atoms. The number of carbonyl (C=O) groups is 1. The van der Waals surface area contributed by atoms with Crippen LogP contribution >= 0.6 is 0 Å². The van der Waals surface area contributed by atoms with E-state index in [-0.39, 0.29) is 32.2 Å². The predicted octanol–water partition coefficient (Wildman–Crippen LogP) is 0.330. The number of hydrogen-bond acceptors (Lipinski definition) is 5. The molecule has 0 aromatic carbocycles. The second kappa shape index (κ2) is 8.44. The van der Waals surface area contributed by atoms with Crippen LogP contribution in [0.1, 0.15) is 23.7 Å². The molecule has 0 radical (unpaired) electrons. The van der Waals surface area contributed by atoms with E-state index in [9.17, 15) is 4.79 Å². The molecule has 19 heavy (non-hydrogen) atoms. The summed E-state index contributed by atoms with van der Waals surface area (Å²) in [6.45, 7) is 2.93. The number of aliphatic hydroxyl groups is 2. The SMILES string of the molecule is CCCNc1ccncc1C(=O)N(CCO)CCO. The smallest absolute Gasteiger partial charge is 0.257 e. The molecule has 0 aliphatic heterocycles. The average molecular weight is 267 g/mol. The zero-order valence-electron chi connectivity index (χ0n) is 11.2. The van der Waals surface area contributed by atoms with Gasteiger partial charge in [0.2, 0.25) is 0 Å². The van der Waals surface area contributed by atoms with Crippen LogP contribution in [0.3, 0.4) is 0 Å². The van der Waals surface area contributed by atoms with Crippen molar-refractivity contribution in [1.29, 1.82) is 0 Å². The van der Waals surface area contributed by atoms with Crippen molar-refractivity contribution in [1.82, 2.24) is 9.88 Å². The summed E-state index contributed by atoms with van der Waals surface area (Å²) in [6, 6.07) is 1.75. The Hall–Kier alpha value is -1.66. The maximum absolute atomic E-state index is 12.3. The van der Waals surface area contributed by atoms with Crippen molar-refractivity contribution >= 4 is 11.6 Å². The number of nitrogens with zero attached hydrogens (tertiary/aromatic N) is 2. The summed E-state index contributed by atoms with van der Waals surface area (Å²) >= 11 is 0. The van der Waals surface area contributed by atoms with Gasteiger partial charge in [-0.1, -0.05) is 6.92 Å². The fourth-order valence-electron chi connectivity index (χ4n) is 1.71. The summed E-state index contributed by atoms with van der Waals surface area (Å²) in [4.78, 5) is 17.7. The summed E-state index contributed by atoms with van der Waals surface area (Å²) < 4.78 is 0. The fourth-order valence-corrected chi connectivity index (χ4v) is 1.71. The van der Waals surface area contributed by atoms with Crippen molar-refractivity contribution in [2.75, 3.05) is 38.2 Å². The average Bonchev–Trinajstić information content (AvgIpc) is 2.44. The summed E-state index contributed by atoms with van der Waals surface area (Å²) in [5, 5.41) is 21.1. The lowest BCUT2D eigenvalue weighted by Gasteiger charge is -2.22. The Morgan fingerprint density at radius 1 is 1.37 bits per heavy atom. The number of aliphatic hydroxyl groups excluding tert-OH is 2. The maximum atomic E-state index is 12.3. The Labute approximate surface area is 113 Å². The van der Waals surface area contributed by atoms with E-state index in [1.54, 1.807) is 12.3 Å². The molecule has 0 atom stereocenters. The van der Waals surface area contributed by atoms with Crippen LogP contribution in [0.15, 0.2) is 18.5 Å². The number of pyridine rings is 1. The second-order valence-corrected chi connectivity index (χ2v) is 4.09. The highest BCUT2D eigenvalue weighted by molar-refractivity contribution is 5.99. The molecule has 0 bridgehead atoms. The fraction of sp³-hybridized carbons (Fsp3) is 0.538. The van der Waals surface area contributed by atoms with Crippen molar-refractivity contribution in [3.8, 4) is 0 Å². The van der Waals surface area contributed by atoms with Gasteiger partial charge in [-0.3, -0.25) is 9.78 Å². The van der Waals surface area contributed by atoms with Crippen LogP contribution in [0.5, 0.6) is 0 Å². The Morgan fingerprint density at radius 3 is 2.63 bits per heavy atom. The first-order chi connectivity index (χ1) is 9.24. The molecule has 0 fully saturated rings. The first kappa shape index (κ1) is 15.4. The zero-order valence-corrected chi connectivity index (χ0v) is 11.2. The Balaban J connectivity index is 2.89. The van der Waals surface area contributed by atoms with E-state index in [0.717, 1.165) is 18.7 Å². The third-order valence-electron chi connectivity index (χ3n) is 2.64. The standard InChI is InChI=1S/C13H21N3O3/c1-2-4-15-12-3-5-14-10-11(12)13(19)16(6-8-17)7-9-18/h3,5,10,17-18H,2,4,6-9H2,1H3,(H,14,15). The Bertz CT molecular complexity index is 392. The summed E-state index contributed by atoms with van der Waals surface area (Å²) in [5.74, 6) is -0.241. The number of amides is 1. The molecule has 1 amide bonds. The molecule has 3 N–H and O–H groups in total. The normalized spacial score (nSPS) is 10.3. The molecular weight excluding hydrogens is 246 g/mol. The number of aromatic nitrogens is 1. The molecule has 6 heteroatoms. The highest BCUT2D eigenvalue weighted by atomic mass is 16.3. The largest absolute Gasteiger partial charge is 0.395 e. The molecular formula is C13H21N3O3. The lowest BCUT2D eigenvalue weighted by atomic mass is 10.2. The first-order valence-corrected chi connectivity index (χ1v) is 6.43. The minimum Gasteiger partial charge on any atom is -0.395 e. The van der Waals surface area contributed by atoms with Crippen LogP contribution in [0.4, 0.5) is 5.69 Å². The summed E-state index contributed by atoms with van der Waals surface area (Å²) in [5.41, 5.74) is 1.18. The monoisotopic (exact) mass is 267 g/mol. The molecule has 6 nitrogen and oxygen atoms in total. The molecule has 0 saturated heterocycles. The number of nitrogens with one attached hydrogen (secondary N) is 1. The zero-order chi connectivity index (χ0) is 14.1. The van der Waals surface area contributed by atoms with E-state index in [1.807, 2.05) is 6.92 Å². The molecule has 1 aromatic heterocycles. The number of rotatable bonds is 8. The molecule has 1 rings (SSSR count). The van der Waals surface area contributed by atoms with Gasteiger partial charge >= 0.3 is 0 Å². The second-order valence-electron chi connectivity index (χ2n) is 4.09. The Morgan fingerprint density at radius 2 is 2.05 bits per heavy atom. The number of hydrogen-bond donors (Lipinski definition) is 3. The molecule has 0 saturated carbocycles. The minimum absolute atomic E-state index is 0.135. The molecule has 106 valence electrons. The van der Waals surface area contributed by atoms with Crippen LogP contribution < -0.4 is 5.32 Å². The van der Waals surface area contributed by atoms with Gasteiger partial charge in [0, 0.05) is 32.0 Å². The van der Waals surface area contributed by atoms with Gasteiger partial charge in [-0.15, -0.1) is 0 Å². The van der Waals surface area contributed by atoms with Crippen LogP contribution in [-0.2, 0) is 0 Å². The van der Waals surface area contributed by atoms with Gasteiger partial charge in [-0.2, -0.15) is 0 Å². The Kier molecular flexibility index (Phi) is 6.84. The highest BCUT2D eigenvalue weighted by Crippen LogP contribution is 2.16. The molecule has 0 aliphatic carbocycles. The third kappa shape index (κ3) is 4.50. The van der Waals surface area contributed by atoms with Crippen molar-refractivity contribution in [3.05, 3.63) is 24.0 Å². The minimum atomic E-state index is -0.241. The molecule has 0 unspecified atom stereocenters. The highest BCUT2D eigenvalue weighted by Gasteiger charge is 2.18. The van der Waals surface area contributed by atoms with Gasteiger partial charge in [0.25, 0.3) is 5.91 Å². The van der Waals surface area contributed by atoms with Crippen molar-refractivity contribution in [3.63, 3.8) is 0 Å². The van der Waals surface area contributed by atoms with Crippen LogP contribution in [0.25, 0.3) is 0 Å². The van der Waals surface area contributed by atoms with Crippen molar-refractivity contribution in [2.45, 2.75) is 13.3 Å². The molecule has 1 heterocycles. The molecule has 1 aromatic rings. The van der Waals surface area contributed by atoms with Crippen LogP contribution in [0.2, 0.25) is 0 Å². The van der Waals surface area contributed by atoms with E-state index in [0.29, 0.717) is 5.56 Å². The summed E-state index contributed by atoms with van der Waals surface area (Å²) in [6.07, 6.45) is 4.08. The van der Waals surface area contributed by atoms with Gasteiger partial charge in [0.1, 0.15) is 0 Å². The summed E-state index contributed by atoms with van der Waals surface area (Å²) in [7, 11) is 0. The lowest BCUT2D eigenvalue weighted by molar-refractivity contribution is 0.0685. The van der Waals surface area contributed by atoms with Crippen molar-refractivity contribution < 1.29 is 15.0 Å². The number of anilines is 1. The van der Waals surface area contributed by atoms with Gasteiger partial charge in [-0.05, 0) is 12.5 Å². The van der Waals surface area contributed by atoms with E-state index in [4.69, 9.17) is 10.2 Å². The predicted molar refractivity (Wildman–Crippen MR) is 73.1 cm³/mol.